The van der Waals surface area contributed by atoms with Gasteiger partial charge >= 0.3 is 6.18 Å². The predicted molar refractivity (Wildman–Crippen MR) is 114 cm³/mol. The lowest BCUT2D eigenvalue weighted by molar-refractivity contribution is -0.137. The van der Waals surface area contributed by atoms with Crippen LogP contribution in [0.4, 0.5) is 13.2 Å². The van der Waals surface area contributed by atoms with Crippen molar-refractivity contribution >= 4 is 11.8 Å². The molecule has 1 atom stereocenters. The summed E-state index contributed by atoms with van der Waals surface area (Å²) in [6.07, 6.45) is 1.42. The van der Waals surface area contributed by atoms with Gasteiger partial charge in [0.05, 0.1) is 11.6 Å². The average molecular weight is 454 g/mol. The number of rotatable bonds is 4. The van der Waals surface area contributed by atoms with Crippen LogP contribution in [0, 0.1) is 0 Å². The van der Waals surface area contributed by atoms with E-state index in [2.05, 4.69) is 21.7 Å². The molecule has 2 aliphatic rings. The molecule has 0 unspecified atom stereocenters. The number of hydrogen-bond donors (Lipinski definition) is 2. The zero-order valence-corrected chi connectivity index (χ0v) is 17.5. The van der Waals surface area contributed by atoms with Gasteiger partial charge in [0.2, 0.25) is 5.91 Å². The van der Waals surface area contributed by atoms with Crippen LogP contribution in [0.2, 0.25) is 0 Å². The number of para-hydroxylation sites is 1. The summed E-state index contributed by atoms with van der Waals surface area (Å²) in [4.78, 5) is 30.2. The number of fused-ring (bicyclic) bond motifs is 3. The number of amides is 2. The second-order valence-electron chi connectivity index (χ2n) is 8.46. The Hall–Kier alpha value is -3.62. The number of nitrogens with one attached hydrogen (secondary N) is 2. The molecule has 6 nitrogen and oxygen atoms in total. The number of aryl methyl sites for hydroxylation is 1. The summed E-state index contributed by atoms with van der Waals surface area (Å²) in [6, 6.07) is 11.6. The number of nitrogens with zero attached hydrogens (tertiary/aromatic N) is 2. The van der Waals surface area contributed by atoms with Crippen LogP contribution < -0.4 is 10.6 Å². The first-order chi connectivity index (χ1) is 15.8. The topological polar surface area (TPSA) is 76.0 Å². The third-order valence-corrected chi connectivity index (χ3v) is 6.25. The van der Waals surface area contributed by atoms with Crippen molar-refractivity contribution in [2.45, 2.75) is 43.4 Å². The van der Waals surface area contributed by atoms with E-state index in [0.717, 1.165) is 47.8 Å². The quantitative estimate of drug-likeness (QED) is 0.627. The summed E-state index contributed by atoms with van der Waals surface area (Å²) in [6.45, 7) is 0. The normalized spacial score (nSPS) is 18.5. The zero-order valence-electron chi connectivity index (χ0n) is 17.5. The highest BCUT2D eigenvalue weighted by atomic mass is 19.4. The van der Waals surface area contributed by atoms with E-state index in [-0.39, 0.29) is 17.5 Å². The number of halogens is 3. The van der Waals surface area contributed by atoms with Crippen LogP contribution >= 0.6 is 0 Å². The number of imidazole rings is 1. The van der Waals surface area contributed by atoms with Crippen molar-refractivity contribution in [3.63, 3.8) is 0 Å². The molecule has 0 radical (unpaired) electrons. The lowest BCUT2D eigenvalue weighted by atomic mass is 10.0. The first-order valence-corrected chi connectivity index (χ1v) is 10.7. The standard InChI is InChI=1S/C24H21F3N4O2/c25-24(26,27)17-8-5-16(6-9-17)21(32)30-23(11-12-23)22(33)29-18-10-7-15-3-1-2-4-19(15)31-14-13-28-20(18)31/h1-6,8-9,13-14,18H,7,10-12H2,(H,29,33)(H,30,32)/t18-/m1/s1. The maximum Gasteiger partial charge on any atom is 0.416 e. The highest BCUT2D eigenvalue weighted by molar-refractivity contribution is 6.00. The first-order valence-electron chi connectivity index (χ1n) is 10.7. The fraction of sp³-hybridized carbons (Fsp3) is 0.292. The lowest BCUT2D eigenvalue weighted by Crippen LogP contribution is -2.50. The Morgan fingerprint density at radius 2 is 1.79 bits per heavy atom. The zero-order chi connectivity index (χ0) is 23.2. The average Bonchev–Trinajstić information content (AvgIpc) is 3.45. The van der Waals surface area contributed by atoms with Gasteiger partial charge in [0.15, 0.2) is 0 Å². The fourth-order valence-corrected chi connectivity index (χ4v) is 4.23. The molecule has 1 fully saturated rings. The van der Waals surface area contributed by atoms with Gasteiger partial charge in [-0.25, -0.2) is 4.98 Å². The summed E-state index contributed by atoms with van der Waals surface area (Å²) >= 11 is 0. The van der Waals surface area contributed by atoms with Crippen LogP contribution in [-0.4, -0.2) is 26.9 Å². The minimum absolute atomic E-state index is 0.0718. The van der Waals surface area contributed by atoms with Crippen molar-refractivity contribution in [1.82, 2.24) is 20.2 Å². The summed E-state index contributed by atoms with van der Waals surface area (Å²) < 4.78 is 40.3. The van der Waals surface area contributed by atoms with E-state index in [0.29, 0.717) is 19.3 Å². The maximum absolute atomic E-state index is 13.2. The van der Waals surface area contributed by atoms with Crippen molar-refractivity contribution in [3.05, 3.63) is 83.4 Å². The predicted octanol–water partition coefficient (Wildman–Crippen LogP) is 3.96. The molecule has 0 bridgehead atoms. The second-order valence-corrected chi connectivity index (χ2v) is 8.46. The van der Waals surface area contributed by atoms with E-state index >= 15 is 0 Å². The van der Waals surface area contributed by atoms with Gasteiger partial charge in [-0.1, -0.05) is 18.2 Å². The van der Waals surface area contributed by atoms with Gasteiger partial charge in [-0.3, -0.25) is 9.59 Å². The van der Waals surface area contributed by atoms with Crippen molar-refractivity contribution in [2.75, 3.05) is 0 Å². The Kier molecular flexibility index (Phi) is 4.99. The smallest absolute Gasteiger partial charge is 0.344 e. The molecule has 2 N–H and O–H groups in total. The second kappa shape index (κ2) is 7.75. The van der Waals surface area contributed by atoms with Crippen LogP contribution in [0.15, 0.2) is 60.9 Å². The van der Waals surface area contributed by atoms with Crippen LogP contribution in [0.3, 0.4) is 0 Å². The number of hydrogen-bond acceptors (Lipinski definition) is 3. The molecule has 1 aliphatic carbocycles. The van der Waals surface area contributed by atoms with Crippen LogP contribution in [-0.2, 0) is 17.4 Å². The molecule has 0 saturated heterocycles. The molecular formula is C24H21F3N4O2. The fourth-order valence-electron chi connectivity index (χ4n) is 4.23. The van der Waals surface area contributed by atoms with E-state index in [9.17, 15) is 22.8 Å². The summed E-state index contributed by atoms with van der Waals surface area (Å²) in [5.41, 5.74) is 0.366. The third-order valence-electron chi connectivity index (χ3n) is 6.25. The van der Waals surface area contributed by atoms with Gasteiger partial charge in [-0.15, -0.1) is 0 Å². The van der Waals surface area contributed by atoms with Gasteiger partial charge in [-0.05, 0) is 61.6 Å². The molecule has 1 saturated carbocycles. The molecule has 2 heterocycles. The Bertz CT molecular complexity index is 1210. The highest BCUT2D eigenvalue weighted by Gasteiger charge is 2.52. The van der Waals surface area contributed by atoms with Crippen molar-refractivity contribution in [1.29, 1.82) is 0 Å². The molecule has 3 aromatic rings. The Morgan fingerprint density at radius 1 is 1.06 bits per heavy atom. The molecule has 33 heavy (non-hydrogen) atoms. The van der Waals surface area contributed by atoms with Gasteiger partial charge in [-0.2, -0.15) is 13.2 Å². The largest absolute Gasteiger partial charge is 0.416 e. The maximum atomic E-state index is 13.2. The summed E-state index contributed by atoms with van der Waals surface area (Å²) in [5.74, 6) is -0.169. The molecule has 0 spiro atoms. The molecule has 2 aromatic carbocycles. The van der Waals surface area contributed by atoms with Crippen LogP contribution in [0.1, 0.15) is 52.6 Å². The van der Waals surface area contributed by atoms with E-state index in [4.69, 9.17) is 0 Å². The first kappa shape index (κ1) is 21.2. The Balaban J connectivity index is 1.30. The molecule has 1 aromatic heterocycles. The van der Waals surface area contributed by atoms with Gasteiger partial charge < -0.3 is 15.2 Å². The Morgan fingerprint density at radius 3 is 2.48 bits per heavy atom. The monoisotopic (exact) mass is 454 g/mol. The van der Waals surface area contributed by atoms with E-state index in [1.807, 2.05) is 29.0 Å². The van der Waals surface area contributed by atoms with Crippen molar-refractivity contribution in [3.8, 4) is 5.69 Å². The lowest BCUT2D eigenvalue weighted by Gasteiger charge is -2.22. The number of aromatic nitrogens is 2. The molecule has 9 heteroatoms. The number of benzene rings is 2. The van der Waals surface area contributed by atoms with Crippen molar-refractivity contribution < 1.29 is 22.8 Å². The number of carbonyl (C=O) groups excluding carboxylic acids is 2. The number of alkyl halides is 3. The van der Waals surface area contributed by atoms with Crippen LogP contribution in [0.5, 0.6) is 0 Å². The highest BCUT2D eigenvalue weighted by Crippen LogP contribution is 2.38. The minimum Gasteiger partial charge on any atom is -0.344 e. The van der Waals surface area contributed by atoms with Gasteiger partial charge in [0.1, 0.15) is 11.4 Å². The van der Waals surface area contributed by atoms with Gasteiger partial charge in [0.25, 0.3) is 5.91 Å². The van der Waals surface area contributed by atoms with Crippen molar-refractivity contribution in [2.24, 2.45) is 0 Å². The minimum atomic E-state index is -4.48. The molecular weight excluding hydrogens is 433 g/mol. The van der Waals surface area contributed by atoms with E-state index < -0.39 is 23.2 Å². The SMILES string of the molecule is O=C(NC1(C(=O)N[C@@H]2CCc3ccccc3-n3ccnc32)CC1)c1ccc(C(F)(F)F)cc1. The summed E-state index contributed by atoms with van der Waals surface area (Å²) in [5, 5.41) is 5.76. The van der Waals surface area contributed by atoms with Gasteiger partial charge in [0, 0.05) is 23.6 Å². The molecule has 5 rings (SSSR count). The van der Waals surface area contributed by atoms with E-state index in [1.165, 1.54) is 0 Å². The number of carbonyl (C=O) groups is 2. The van der Waals surface area contributed by atoms with E-state index in [1.54, 1.807) is 6.20 Å². The molecule has 2 amide bonds. The van der Waals surface area contributed by atoms with Crippen LogP contribution in [0.25, 0.3) is 5.69 Å². The third kappa shape index (κ3) is 3.99. The Labute approximate surface area is 187 Å². The molecule has 170 valence electrons. The summed E-state index contributed by atoms with van der Waals surface area (Å²) in [7, 11) is 0. The molecule has 1 aliphatic heterocycles.